The van der Waals surface area contributed by atoms with Gasteiger partial charge in [0, 0.05) is 38.4 Å². The highest BCUT2D eigenvalue weighted by atomic mass is 16.7. The van der Waals surface area contributed by atoms with Crippen LogP contribution in [0.3, 0.4) is 0 Å². The first-order chi connectivity index (χ1) is 12.9. The molecule has 0 radical (unpaired) electrons. The van der Waals surface area contributed by atoms with E-state index in [1.807, 2.05) is 0 Å². The summed E-state index contributed by atoms with van der Waals surface area (Å²) >= 11 is 0. The molecule has 0 saturated carbocycles. The van der Waals surface area contributed by atoms with Crippen LogP contribution < -0.4 is 9.47 Å². The molecule has 27 heavy (non-hydrogen) atoms. The first-order valence-electron chi connectivity index (χ1n) is 9.66. The molecule has 1 aromatic rings. The fourth-order valence-electron chi connectivity index (χ4n) is 4.31. The zero-order valence-electron chi connectivity index (χ0n) is 16.9. The Bertz CT molecular complexity index is 729. The van der Waals surface area contributed by atoms with E-state index in [9.17, 15) is 4.79 Å². The van der Waals surface area contributed by atoms with Gasteiger partial charge in [0.05, 0.1) is 19.9 Å². The van der Waals surface area contributed by atoms with Crippen LogP contribution in [-0.2, 0) is 16.1 Å². The van der Waals surface area contributed by atoms with Crippen molar-refractivity contribution in [2.45, 2.75) is 46.1 Å². The molecule has 2 atom stereocenters. The van der Waals surface area contributed by atoms with Crippen molar-refractivity contribution in [3.63, 3.8) is 0 Å². The molecule has 2 heterocycles. The Morgan fingerprint density at radius 2 is 1.96 bits per heavy atom. The lowest BCUT2D eigenvalue weighted by atomic mass is 9.79. The van der Waals surface area contributed by atoms with Gasteiger partial charge in [-0.25, -0.2) is 4.79 Å². The minimum absolute atomic E-state index is 0.228. The predicted octanol–water partition coefficient (Wildman–Crippen LogP) is 3.59. The van der Waals surface area contributed by atoms with Gasteiger partial charge in [0.1, 0.15) is 0 Å². The van der Waals surface area contributed by atoms with Gasteiger partial charge in [0.2, 0.25) is 0 Å². The maximum Gasteiger partial charge on any atom is 0.331 e. The third kappa shape index (κ3) is 4.26. The van der Waals surface area contributed by atoms with E-state index in [2.05, 4.69) is 36.0 Å². The normalized spacial score (nSPS) is 23.7. The second kappa shape index (κ2) is 8.30. The van der Waals surface area contributed by atoms with Crippen molar-refractivity contribution < 1.29 is 19.1 Å². The van der Waals surface area contributed by atoms with Gasteiger partial charge in [-0.2, -0.15) is 0 Å². The zero-order chi connectivity index (χ0) is 19.6. The molecule has 6 heteroatoms. The Hall–Kier alpha value is -2.08. The SMILES string of the molecule is COc1cc2c(cc1OC)C1CC(=NOC(C)=O)C(CC(C)C)CN1CC2. The van der Waals surface area contributed by atoms with Crippen molar-refractivity contribution in [2.24, 2.45) is 17.0 Å². The fourth-order valence-corrected chi connectivity index (χ4v) is 4.31. The van der Waals surface area contributed by atoms with Crippen molar-refractivity contribution in [2.75, 3.05) is 27.3 Å². The van der Waals surface area contributed by atoms with Crippen molar-refractivity contribution in [3.05, 3.63) is 23.3 Å². The van der Waals surface area contributed by atoms with Crippen LogP contribution in [0.1, 0.15) is 50.8 Å². The number of rotatable bonds is 5. The summed E-state index contributed by atoms with van der Waals surface area (Å²) in [5.41, 5.74) is 3.54. The fraction of sp³-hybridized carbons (Fsp3) is 0.619. The Balaban J connectivity index is 1.93. The number of methoxy groups -OCH3 is 2. The van der Waals surface area contributed by atoms with Crippen molar-refractivity contribution in [1.82, 2.24) is 4.90 Å². The number of ether oxygens (including phenoxy) is 2. The Morgan fingerprint density at radius 1 is 1.26 bits per heavy atom. The van der Waals surface area contributed by atoms with Gasteiger partial charge >= 0.3 is 5.97 Å². The topological polar surface area (TPSA) is 60.4 Å². The second-order valence-electron chi connectivity index (χ2n) is 7.86. The monoisotopic (exact) mass is 374 g/mol. The van der Waals surface area contributed by atoms with Crippen LogP contribution in [0.4, 0.5) is 0 Å². The molecule has 2 aliphatic rings. The lowest BCUT2D eigenvalue weighted by molar-refractivity contribution is -0.141. The van der Waals surface area contributed by atoms with Crippen LogP contribution >= 0.6 is 0 Å². The van der Waals surface area contributed by atoms with Crippen LogP contribution in [0.15, 0.2) is 17.3 Å². The van der Waals surface area contributed by atoms with Gasteiger partial charge in [0.15, 0.2) is 11.5 Å². The Labute approximate surface area is 161 Å². The average molecular weight is 374 g/mol. The molecular weight excluding hydrogens is 344 g/mol. The molecule has 1 aromatic carbocycles. The van der Waals surface area contributed by atoms with E-state index in [4.69, 9.17) is 14.3 Å². The van der Waals surface area contributed by atoms with Gasteiger partial charge in [0.25, 0.3) is 0 Å². The Morgan fingerprint density at radius 3 is 2.59 bits per heavy atom. The first kappa shape index (κ1) is 19.7. The number of carbonyl (C=O) groups excluding carboxylic acids is 1. The predicted molar refractivity (Wildman–Crippen MR) is 104 cm³/mol. The smallest absolute Gasteiger partial charge is 0.331 e. The van der Waals surface area contributed by atoms with E-state index in [1.165, 1.54) is 18.1 Å². The van der Waals surface area contributed by atoms with Crippen LogP contribution in [0, 0.1) is 11.8 Å². The van der Waals surface area contributed by atoms with E-state index < -0.39 is 0 Å². The van der Waals surface area contributed by atoms with Gasteiger partial charge in [-0.05, 0) is 42.0 Å². The Kier molecular flexibility index (Phi) is 6.05. The van der Waals surface area contributed by atoms with Gasteiger partial charge in [-0.15, -0.1) is 0 Å². The summed E-state index contributed by atoms with van der Waals surface area (Å²) in [5, 5.41) is 4.24. The highest BCUT2D eigenvalue weighted by molar-refractivity contribution is 5.88. The van der Waals surface area contributed by atoms with E-state index in [1.54, 1.807) is 14.2 Å². The minimum Gasteiger partial charge on any atom is -0.493 e. The molecular formula is C21H30N2O4. The molecule has 2 unspecified atom stereocenters. The minimum atomic E-state index is -0.372. The molecule has 0 bridgehead atoms. The molecule has 1 saturated heterocycles. The number of hydrogen-bond donors (Lipinski definition) is 0. The van der Waals surface area contributed by atoms with Crippen LogP contribution in [-0.4, -0.2) is 43.9 Å². The molecule has 0 amide bonds. The number of piperidine rings is 1. The van der Waals surface area contributed by atoms with Gasteiger partial charge in [-0.1, -0.05) is 19.0 Å². The van der Waals surface area contributed by atoms with Crippen LogP contribution in [0.5, 0.6) is 11.5 Å². The first-order valence-corrected chi connectivity index (χ1v) is 9.66. The van der Waals surface area contributed by atoms with E-state index >= 15 is 0 Å². The van der Waals surface area contributed by atoms with Crippen molar-refractivity contribution in [1.29, 1.82) is 0 Å². The third-order valence-corrected chi connectivity index (χ3v) is 5.49. The summed E-state index contributed by atoms with van der Waals surface area (Å²) in [5.74, 6) is 2.04. The number of benzene rings is 1. The van der Waals surface area contributed by atoms with Gasteiger partial charge in [-0.3, -0.25) is 4.90 Å². The lowest BCUT2D eigenvalue weighted by Gasteiger charge is -2.44. The number of hydrogen-bond acceptors (Lipinski definition) is 6. The largest absolute Gasteiger partial charge is 0.493 e. The van der Waals surface area contributed by atoms with Crippen molar-refractivity contribution in [3.8, 4) is 11.5 Å². The molecule has 3 rings (SSSR count). The molecule has 6 nitrogen and oxygen atoms in total. The quantitative estimate of drug-likeness (QED) is 0.582. The summed E-state index contributed by atoms with van der Waals surface area (Å²) in [7, 11) is 3.33. The summed E-state index contributed by atoms with van der Waals surface area (Å²) in [6.07, 6.45) is 2.81. The number of fused-ring (bicyclic) bond motifs is 3. The highest BCUT2D eigenvalue weighted by Crippen LogP contribution is 2.42. The standard InChI is InChI=1S/C21H30N2O4/c1-13(2)8-16-12-23-7-6-15-9-20(25-4)21(26-5)10-17(15)19(23)11-18(16)22-27-14(3)24/h9-10,13,16,19H,6-8,11-12H2,1-5H3. The maximum absolute atomic E-state index is 11.3. The summed E-state index contributed by atoms with van der Waals surface area (Å²) in [4.78, 5) is 18.8. The van der Waals surface area contributed by atoms with Crippen LogP contribution in [0.25, 0.3) is 0 Å². The average Bonchev–Trinajstić information content (AvgIpc) is 2.64. The van der Waals surface area contributed by atoms with Gasteiger partial charge < -0.3 is 14.3 Å². The third-order valence-electron chi connectivity index (χ3n) is 5.49. The number of nitrogens with zero attached hydrogens (tertiary/aromatic N) is 2. The summed E-state index contributed by atoms with van der Waals surface area (Å²) < 4.78 is 11.0. The molecule has 0 aliphatic carbocycles. The van der Waals surface area contributed by atoms with Crippen molar-refractivity contribution >= 4 is 11.7 Å². The molecule has 0 spiro atoms. The summed E-state index contributed by atoms with van der Waals surface area (Å²) in [6.45, 7) is 7.79. The molecule has 2 aliphatic heterocycles. The zero-order valence-corrected chi connectivity index (χ0v) is 16.9. The summed E-state index contributed by atoms with van der Waals surface area (Å²) in [6, 6.07) is 4.41. The van der Waals surface area contributed by atoms with E-state index in [0.717, 1.165) is 49.6 Å². The lowest BCUT2D eigenvalue weighted by Crippen LogP contribution is -2.46. The van der Waals surface area contributed by atoms with E-state index in [-0.39, 0.29) is 12.0 Å². The maximum atomic E-state index is 11.3. The highest BCUT2D eigenvalue weighted by Gasteiger charge is 2.38. The number of carbonyl (C=O) groups is 1. The molecule has 148 valence electrons. The number of oxime groups is 1. The molecule has 0 aromatic heterocycles. The molecule has 1 fully saturated rings. The van der Waals surface area contributed by atoms with Crippen LogP contribution in [0.2, 0.25) is 0 Å². The van der Waals surface area contributed by atoms with E-state index in [0.29, 0.717) is 11.8 Å². The second-order valence-corrected chi connectivity index (χ2v) is 7.86. The molecule has 0 N–H and O–H groups in total.